The largest absolute Gasteiger partial charge is 0.310 e. The van der Waals surface area contributed by atoms with Gasteiger partial charge < -0.3 is 4.90 Å². The van der Waals surface area contributed by atoms with Crippen LogP contribution in [0.15, 0.2) is 18.2 Å². The fourth-order valence-electron chi connectivity index (χ4n) is 1.43. The maximum absolute atomic E-state index is 11.5. The van der Waals surface area contributed by atoms with Crippen LogP contribution in [-0.2, 0) is 4.79 Å². The molecule has 0 atom stereocenters. The molecule has 0 aromatic heterocycles. The Balaban J connectivity index is 3.22. The molecule has 0 aliphatic heterocycles. The number of rotatable bonds is 3. The first-order valence-electron chi connectivity index (χ1n) is 4.99. The van der Waals surface area contributed by atoms with E-state index in [1.54, 1.807) is 33.0 Å². The van der Waals surface area contributed by atoms with Gasteiger partial charge in [-0.05, 0) is 18.6 Å². The van der Waals surface area contributed by atoms with Crippen molar-refractivity contribution in [3.8, 4) is 0 Å². The van der Waals surface area contributed by atoms with E-state index in [4.69, 9.17) is 0 Å². The third-order valence-corrected chi connectivity index (χ3v) is 2.37. The van der Waals surface area contributed by atoms with Crippen LogP contribution in [-0.4, -0.2) is 17.9 Å². The van der Waals surface area contributed by atoms with Gasteiger partial charge in [0.2, 0.25) is 5.91 Å². The van der Waals surface area contributed by atoms with E-state index in [1.807, 2.05) is 0 Å². The number of carbonyl (C=O) groups excluding carboxylic acids is 1. The summed E-state index contributed by atoms with van der Waals surface area (Å²) in [5, 5.41) is 10.9. The van der Waals surface area contributed by atoms with Gasteiger partial charge in [0.25, 0.3) is 5.69 Å². The molecule has 1 aromatic carbocycles. The molecular formula is C11H14N2O3. The number of benzene rings is 1. The molecular weight excluding hydrogens is 208 g/mol. The summed E-state index contributed by atoms with van der Waals surface area (Å²) >= 11 is 0. The quantitative estimate of drug-likeness (QED) is 0.582. The normalized spacial score (nSPS) is 9.94. The molecule has 0 aliphatic rings. The van der Waals surface area contributed by atoms with Crippen molar-refractivity contribution in [1.82, 2.24) is 0 Å². The lowest BCUT2D eigenvalue weighted by atomic mass is 10.2. The molecule has 1 aromatic rings. The minimum absolute atomic E-state index is 0.0377. The molecule has 5 nitrogen and oxygen atoms in total. The van der Waals surface area contributed by atoms with Crippen molar-refractivity contribution in [2.24, 2.45) is 0 Å². The summed E-state index contributed by atoms with van der Waals surface area (Å²) in [6.07, 6.45) is 0.321. The number of hydrogen-bond donors (Lipinski definition) is 0. The fraction of sp³-hybridized carbons (Fsp3) is 0.364. The van der Waals surface area contributed by atoms with Crippen LogP contribution < -0.4 is 4.90 Å². The second-order valence-electron chi connectivity index (χ2n) is 3.56. The highest BCUT2D eigenvalue weighted by atomic mass is 16.6. The molecule has 5 heteroatoms. The Morgan fingerprint density at radius 3 is 2.62 bits per heavy atom. The number of nitro groups is 1. The fourth-order valence-corrected chi connectivity index (χ4v) is 1.43. The van der Waals surface area contributed by atoms with Crippen LogP contribution >= 0.6 is 0 Å². The Kier molecular flexibility index (Phi) is 3.60. The summed E-state index contributed by atoms with van der Waals surface area (Å²) in [5.41, 5.74) is 1.10. The summed E-state index contributed by atoms with van der Waals surface area (Å²) in [5.74, 6) is -0.146. The number of nitro benzene ring substituents is 1. The zero-order valence-electron chi connectivity index (χ0n) is 9.56. The van der Waals surface area contributed by atoms with Crippen molar-refractivity contribution in [2.45, 2.75) is 20.3 Å². The smallest absolute Gasteiger partial charge is 0.293 e. The zero-order chi connectivity index (χ0) is 12.3. The van der Waals surface area contributed by atoms with Crippen LogP contribution in [0.3, 0.4) is 0 Å². The number of nitrogens with zero attached hydrogens (tertiary/aromatic N) is 2. The molecule has 16 heavy (non-hydrogen) atoms. The van der Waals surface area contributed by atoms with Crippen LogP contribution in [0.5, 0.6) is 0 Å². The Morgan fingerprint density at radius 1 is 1.50 bits per heavy atom. The number of amides is 1. The molecule has 0 saturated carbocycles. The first-order valence-corrected chi connectivity index (χ1v) is 4.99. The average molecular weight is 222 g/mol. The van der Waals surface area contributed by atoms with Crippen molar-refractivity contribution in [1.29, 1.82) is 0 Å². The number of anilines is 1. The third-order valence-electron chi connectivity index (χ3n) is 2.37. The average Bonchev–Trinajstić information content (AvgIpc) is 2.26. The molecule has 0 bridgehead atoms. The van der Waals surface area contributed by atoms with Crippen molar-refractivity contribution in [3.05, 3.63) is 33.9 Å². The molecule has 1 rings (SSSR count). The molecule has 0 heterocycles. The van der Waals surface area contributed by atoms with Gasteiger partial charge in [-0.2, -0.15) is 0 Å². The topological polar surface area (TPSA) is 63.5 Å². The lowest BCUT2D eigenvalue weighted by molar-refractivity contribution is -0.384. The van der Waals surface area contributed by atoms with Gasteiger partial charge >= 0.3 is 0 Å². The molecule has 0 fully saturated rings. The molecule has 0 spiro atoms. The Morgan fingerprint density at radius 2 is 2.12 bits per heavy atom. The van der Waals surface area contributed by atoms with Crippen molar-refractivity contribution in [3.63, 3.8) is 0 Å². The van der Waals surface area contributed by atoms with E-state index in [0.29, 0.717) is 12.1 Å². The molecule has 0 aliphatic carbocycles. The summed E-state index contributed by atoms with van der Waals surface area (Å²) in [7, 11) is 1.55. The molecule has 1 amide bonds. The van der Waals surface area contributed by atoms with E-state index in [2.05, 4.69) is 0 Å². The predicted octanol–water partition coefficient (Wildman–Crippen LogP) is 2.28. The monoisotopic (exact) mass is 222 g/mol. The highest BCUT2D eigenvalue weighted by molar-refractivity contribution is 5.94. The van der Waals surface area contributed by atoms with Gasteiger partial charge in [0, 0.05) is 19.5 Å². The van der Waals surface area contributed by atoms with E-state index in [0.717, 1.165) is 5.56 Å². The maximum Gasteiger partial charge on any atom is 0.293 e. The van der Waals surface area contributed by atoms with Gasteiger partial charge in [-0.15, -0.1) is 0 Å². The number of hydrogen-bond acceptors (Lipinski definition) is 3. The van der Waals surface area contributed by atoms with Gasteiger partial charge in [-0.3, -0.25) is 14.9 Å². The molecule has 0 N–H and O–H groups in total. The molecule has 0 unspecified atom stereocenters. The summed E-state index contributed by atoms with van der Waals surface area (Å²) in [6, 6.07) is 4.82. The van der Waals surface area contributed by atoms with Gasteiger partial charge in [0.05, 0.1) is 4.92 Å². The maximum atomic E-state index is 11.5. The Bertz CT molecular complexity index is 429. The SMILES string of the molecule is CCC(=O)N(C)c1ccc(C)cc1[N+](=O)[O-]. The standard InChI is InChI=1S/C11H14N2O3/c1-4-11(14)12(3)9-6-5-8(2)7-10(9)13(15)16/h5-7H,4H2,1-3H3. The third kappa shape index (κ3) is 2.36. The van der Waals surface area contributed by atoms with Gasteiger partial charge in [0.15, 0.2) is 0 Å². The summed E-state index contributed by atoms with van der Waals surface area (Å²) in [6.45, 7) is 3.50. The highest BCUT2D eigenvalue weighted by Gasteiger charge is 2.20. The second-order valence-corrected chi connectivity index (χ2v) is 3.56. The van der Waals surface area contributed by atoms with Crippen molar-refractivity contribution in [2.75, 3.05) is 11.9 Å². The van der Waals surface area contributed by atoms with E-state index < -0.39 is 4.92 Å². The minimum Gasteiger partial charge on any atom is -0.310 e. The van der Waals surface area contributed by atoms with E-state index in [1.165, 1.54) is 11.0 Å². The van der Waals surface area contributed by atoms with Gasteiger partial charge in [-0.1, -0.05) is 13.0 Å². The molecule has 0 saturated heterocycles. The van der Waals surface area contributed by atoms with Crippen molar-refractivity contribution >= 4 is 17.3 Å². The van der Waals surface area contributed by atoms with Crippen molar-refractivity contribution < 1.29 is 9.72 Å². The van der Waals surface area contributed by atoms with Crippen LogP contribution in [0.25, 0.3) is 0 Å². The van der Waals surface area contributed by atoms with E-state index >= 15 is 0 Å². The number of aryl methyl sites for hydroxylation is 1. The Hall–Kier alpha value is -1.91. The summed E-state index contributed by atoms with van der Waals surface area (Å²) in [4.78, 5) is 23.2. The molecule has 86 valence electrons. The predicted molar refractivity (Wildman–Crippen MR) is 61.5 cm³/mol. The van der Waals surface area contributed by atoms with E-state index in [-0.39, 0.29) is 11.6 Å². The summed E-state index contributed by atoms with van der Waals surface area (Å²) < 4.78 is 0. The number of carbonyl (C=O) groups is 1. The first-order chi connectivity index (χ1) is 7.47. The van der Waals surface area contributed by atoms with E-state index in [9.17, 15) is 14.9 Å². The minimum atomic E-state index is -0.470. The van der Waals surface area contributed by atoms with Crippen LogP contribution in [0, 0.1) is 17.0 Å². The Labute approximate surface area is 93.8 Å². The zero-order valence-corrected chi connectivity index (χ0v) is 9.56. The second kappa shape index (κ2) is 4.74. The lowest BCUT2D eigenvalue weighted by Gasteiger charge is -2.16. The van der Waals surface area contributed by atoms with Gasteiger partial charge in [-0.25, -0.2) is 0 Å². The molecule has 0 radical (unpaired) electrons. The highest BCUT2D eigenvalue weighted by Crippen LogP contribution is 2.28. The van der Waals surface area contributed by atoms with Crippen LogP contribution in [0.1, 0.15) is 18.9 Å². The lowest BCUT2D eigenvalue weighted by Crippen LogP contribution is -2.25. The van der Waals surface area contributed by atoms with Crippen LogP contribution in [0.2, 0.25) is 0 Å². The van der Waals surface area contributed by atoms with Gasteiger partial charge in [0.1, 0.15) is 5.69 Å². The first kappa shape index (κ1) is 12.2. The van der Waals surface area contributed by atoms with Crippen LogP contribution in [0.4, 0.5) is 11.4 Å².